The zero-order chi connectivity index (χ0) is 9.30. The summed E-state index contributed by atoms with van der Waals surface area (Å²) in [7, 11) is 0. The van der Waals surface area contributed by atoms with Crippen LogP contribution < -0.4 is 0 Å². The van der Waals surface area contributed by atoms with Crippen molar-refractivity contribution in [3.8, 4) is 0 Å². The lowest BCUT2D eigenvalue weighted by atomic mass is 10.1. The molecule has 0 spiro atoms. The molecule has 0 saturated carbocycles. The Morgan fingerprint density at radius 3 is 2.33 bits per heavy atom. The van der Waals surface area contributed by atoms with Crippen LogP contribution in [0.5, 0.6) is 0 Å². The van der Waals surface area contributed by atoms with Crippen LogP contribution in [0.1, 0.15) is 23.4 Å². The predicted octanol–water partition coefficient (Wildman–Crippen LogP) is 3.57. The second kappa shape index (κ2) is 3.40. The van der Waals surface area contributed by atoms with Crippen molar-refractivity contribution in [2.45, 2.75) is 19.2 Å². The van der Waals surface area contributed by atoms with Crippen molar-refractivity contribution < 1.29 is 8.78 Å². The first kappa shape index (κ1) is 9.46. The summed E-state index contributed by atoms with van der Waals surface area (Å²) in [6.07, 6.45) is 0. The van der Waals surface area contributed by atoms with Crippen LogP contribution in [0.3, 0.4) is 0 Å². The summed E-state index contributed by atoms with van der Waals surface area (Å²) in [6.45, 7) is 3.23. The topological polar surface area (TPSA) is 0 Å². The molecule has 0 aliphatic heterocycles. The maximum atomic E-state index is 13.0. The second-order valence-corrected chi connectivity index (χ2v) is 3.39. The van der Waals surface area contributed by atoms with Gasteiger partial charge in [0, 0.05) is 11.6 Å². The fraction of sp³-hybridized carbons (Fsp3) is 0.333. The molecule has 1 unspecified atom stereocenters. The molecule has 12 heavy (non-hydrogen) atoms. The molecule has 1 aromatic carbocycles. The highest BCUT2D eigenvalue weighted by molar-refractivity contribution is 6.20. The van der Waals surface area contributed by atoms with Crippen molar-refractivity contribution >= 4 is 11.6 Å². The summed E-state index contributed by atoms with van der Waals surface area (Å²) >= 11 is 5.67. The molecule has 0 amide bonds. The summed E-state index contributed by atoms with van der Waals surface area (Å²) < 4.78 is 25.7. The standard InChI is InChI=1S/C9H9ClF2/c1-5-3-7(6(2)10)9(12)4-8(5)11/h3-4,6H,1-2H3. The largest absolute Gasteiger partial charge is 0.207 e. The quantitative estimate of drug-likeness (QED) is 0.594. The Kier molecular flexibility index (Phi) is 2.68. The number of rotatable bonds is 1. The maximum Gasteiger partial charge on any atom is 0.130 e. The van der Waals surface area contributed by atoms with Crippen LogP contribution in [0.25, 0.3) is 0 Å². The fourth-order valence-corrected chi connectivity index (χ4v) is 1.15. The highest BCUT2D eigenvalue weighted by atomic mass is 35.5. The molecule has 0 N–H and O–H groups in total. The number of aryl methyl sites for hydroxylation is 1. The molecule has 1 aromatic rings. The first-order valence-corrected chi connectivity index (χ1v) is 4.05. The van der Waals surface area contributed by atoms with Crippen molar-refractivity contribution in [3.05, 3.63) is 34.9 Å². The van der Waals surface area contributed by atoms with Gasteiger partial charge in [-0.05, 0) is 25.5 Å². The van der Waals surface area contributed by atoms with E-state index in [1.807, 2.05) is 0 Å². The van der Waals surface area contributed by atoms with Crippen LogP contribution in [0, 0.1) is 18.6 Å². The fourth-order valence-electron chi connectivity index (χ4n) is 0.984. The number of benzene rings is 1. The number of hydrogen-bond donors (Lipinski definition) is 0. The molecule has 0 aliphatic rings. The summed E-state index contributed by atoms with van der Waals surface area (Å²) in [5, 5.41) is -0.427. The van der Waals surface area contributed by atoms with E-state index in [0.717, 1.165) is 6.07 Å². The Balaban J connectivity index is 3.23. The summed E-state index contributed by atoms with van der Waals surface area (Å²) in [5.41, 5.74) is 0.759. The smallest absolute Gasteiger partial charge is 0.130 e. The molecular weight excluding hydrogens is 182 g/mol. The van der Waals surface area contributed by atoms with Gasteiger partial charge in [0.15, 0.2) is 0 Å². The Morgan fingerprint density at radius 2 is 1.83 bits per heavy atom. The van der Waals surface area contributed by atoms with Crippen molar-refractivity contribution in [2.75, 3.05) is 0 Å². The van der Waals surface area contributed by atoms with E-state index in [-0.39, 0.29) is 0 Å². The van der Waals surface area contributed by atoms with Gasteiger partial charge >= 0.3 is 0 Å². The molecule has 0 heterocycles. The van der Waals surface area contributed by atoms with Crippen molar-refractivity contribution in [3.63, 3.8) is 0 Å². The van der Waals surface area contributed by atoms with E-state index in [1.165, 1.54) is 6.07 Å². The second-order valence-electron chi connectivity index (χ2n) is 2.74. The van der Waals surface area contributed by atoms with Crippen LogP contribution in [-0.4, -0.2) is 0 Å². The van der Waals surface area contributed by atoms with Crippen LogP contribution in [0.15, 0.2) is 12.1 Å². The average Bonchev–Trinajstić information content (AvgIpc) is 1.96. The number of alkyl halides is 1. The van der Waals surface area contributed by atoms with E-state index < -0.39 is 17.0 Å². The van der Waals surface area contributed by atoms with Crippen LogP contribution in [0.4, 0.5) is 8.78 Å². The number of halogens is 3. The third-order valence-electron chi connectivity index (χ3n) is 1.71. The maximum absolute atomic E-state index is 13.0. The summed E-state index contributed by atoms with van der Waals surface area (Å²) in [6, 6.07) is 2.30. The van der Waals surface area contributed by atoms with Gasteiger partial charge < -0.3 is 0 Å². The zero-order valence-corrected chi connectivity index (χ0v) is 7.62. The van der Waals surface area contributed by atoms with Crippen molar-refractivity contribution in [1.82, 2.24) is 0 Å². The van der Waals surface area contributed by atoms with Gasteiger partial charge in [0.05, 0.1) is 5.38 Å². The van der Waals surface area contributed by atoms with Gasteiger partial charge in [-0.2, -0.15) is 0 Å². The minimum atomic E-state index is -0.583. The summed E-state index contributed by atoms with van der Waals surface area (Å²) in [5.74, 6) is -1.12. The molecule has 0 fully saturated rings. The predicted molar refractivity (Wildman–Crippen MR) is 45.4 cm³/mol. The van der Waals surface area contributed by atoms with Crippen molar-refractivity contribution in [2.24, 2.45) is 0 Å². The molecular formula is C9H9ClF2. The number of hydrogen-bond acceptors (Lipinski definition) is 0. The molecule has 66 valence electrons. The minimum absolute atomic E-state index is 0.343. The lowest BCUT2D eigenvalue weighted by Gasteiger charge is -2.06. The van der Waals surface area contributed by atoms with Crippen LogP contribution >= 0.6 is 11.6 Å². The lowest BCUT2D eigenvalue weighted by molar-refractivity contribution is 0.567. The van der Waals surface area contributed by atoms with Crippen molar-refractivity contribution in [1.29, 1.82) is 0 Å². The molecule has 1 atom stereocenters. The normalized spacial score (nSPS) is 13.1. The Hall–Kier alpha value is -0.630. The molecule has 0 nitrogen and oxygen atoms in total. The van der Waals surface area contributed by atoms with Crippen LogP contribution in [0.2, 0.25) is 0 Å². The van der Waals surface area contributed by atoms with Gasteiger partial charge in [-0.1, -0.05) is 0 Å². The van der Waals surface area contributed by atoms with Gasteiger partial charge in [-0.3, -0.25) is 0 Å². The highest BCUT2D eigenvalue weighted by Gasteiger charge is 2.10. The molecule has 0 aromatic heterocycles. The minimum Gasteiger partial charge on any atom is -0.207 e. The molecule has 3 heteroatoms. The van der Waals surface area contributed by atoms with E-state index in [9.17, 15) is 8.78 Å². The third kappa shape index (κ3) is 1.75. The van der Waals surface area contributed by atoms with Gasteiger partial charge in [0.1, 0.15) is 11.6 Å². The molecule has 0 aliphatic carbocycles. The lowest BCUT2D eigenvalue weighted by Crippen LogP contribution is -1.94. The van der Waals surface area contributed by atoms with Gasteiger partial charge in [-0.15, -0.1) is 11.6 Å². The molecule has 0 bridgehead atoms. The third-order valence-corrected chi connectivity index (χ3v) is 1.94. The monoisotopic (exact) mass is 190 g/mol. The van der Waals surface area contributed by atoms with Gasteiger partial charge in [0.25, 0.3) is 0 Å². The first-order chi connectivity index (χ1) is 5.52. The Morgan fingerprint density at radius 1 is 1.25 bits per heavy atom. The van der Waals surface area contributed by atoms with E-state index >= 15 is 0 Å². The van der Waals surface area contributed by atoms with E-state index in [1.54, 1.807) is 13.8 Å². The SMILES string of the molecule is Cc1cc(C(C)Cl)c(F)cc1F. The van der Waals surface area contributed by atoms with E-state index in [4.69, 9.17) is 11.6 Å². The van der Waals surface area contributed by atoms with E-state index in [2.05, 4.69) is 0 Å². The highest BCUT2D eigenvalue weighted by Crippen LogP contribution is 2.24. The summed E-state index contributed by atoms with van der Waals surface area (Å²) in [4.78, 5) is 0. The van der Waals surface area contributed by atoms with E-state index in [0.29, 0.717) is 11.1 Å². The Bertz CT molecular complexity index is 295. The zero-order valence-electron chi connectivity index (χ0n) is 6.87. The van der Waals surface area contributed by atoms with Gasteiger partial charge in [-0.25, -0.2) is 8.78 Å². The molecule has 1 rings (SSSR count). The first-order valence-electron chi connectivity index (χ1n) is 3.62. The average molecular weight is 191 g/mol. The molecule has 0 saturated heterocycles. The Labute approximate surface area is 75.2 Å². The van der Waals surface area contributed by atoms with Gasteiger partial charge in [0.2, 0.25) is 0 Å². The molecule has 0 radical (unpaired) electrons. The van der Waals surface area contributed by atoms with Crippen LogP contribution in [-0.2, 0) is 0 Å².